The van der Waals surface area contributed by atoms with E-state index in [9.17, 15) is 9.90 Å². The van der Waals surface area contributed by atoms with E-state index in [0.717, 1.165) is 45.1 Å². The molecule has 1 unspecified atom stereocenters. The van der Waals surface area contributed by atoms with E-state index in [1.165, 1.54) is 0 Å². The highest BCUT2D eigenvalue weighted by molar-refractivity contribution is 5.78. The quantitative estimate of drug-likeness (QED) is 0.519. The summed E-state index contributed by atoms with van der Waals surface area (Å²) < 4.78 is 11.4. The number of benzene rings is 2. The average Bonchev–Trinajstić information content (AvgIpc) is 2.83. The highest BCUT2D eigenvalue weighted by Gasteiger charge is 2.14. The van der Waals surface area contributed by atoms with Gasteiger partial charge in [-0.25, -0.2) is 0 Å². The van der Waals surface area contributed by atoms with Crippen LogP contribution in [0.25, 0.3) is 23.3 Å². The predicted molar refractivity (Wildman–Crippen MR) is 132 cm³/mol. The average molecular weight is 461 g/mol. The van der Waals surface area contributed by atoms with E-state index < -0.39 is 12.1 Å². The Labute approximate surface area is 198 Å². The number of nitrogens with zero attached hydrogens (tertiary/aromatic N) is 2. The van der Waals surface area contributed by atoms with Gasteiger partial charge in [-0.05, 0) is 59.5 Å². The minimum Gasteiger partial charge on any atom is -0.486 e. The van der Waals surface area contributed by atoms with E-state index in [2.05, 4.69) is 24.0 Å². The lowest BCUT2D eigenvalue weighted by Gasteiger charge is -2.21. The summed E-state index contributed by atoms with van der Waals surface area (Å²) in [5.41, 5.74) is 6.05. The summed E-state index contributed by atoms with van der Waals surface area (Å²) in [6, 6.07) is 16.0. The molecule has 0 fully saturated rings. The number of carbonyl (C=O) groups is 1. The van der Waals surface area contributed by atoms with E-state index >= 15 is 0 Å². The fourth-order valence-corrected chi connectivity index (χ4v) is 3.94. The van der Waals surface area contributed by atoms with Gasteiger partial charge in [-0.1, -0.05) is 30.3 Å². The van der Waals surface area contributed by atoms with Crippen LogP contribution < -0.4 is 14.4 Å². The highest BCUT2D eigenvalue weighted by Crippen LogP contribution is 2.36. The van der Waals surface area contributed by atoms with Gasteiger partial charge in [-0.15, -0.1) is 0 Å². The number of aromatic nitrogens is 1. The van der Waals surface area contributed by atoms with Crippen LogP contribution in [0.5, 0.6) is 11.5 Å². The lowest BCUT2D eigenvalue weighted by Crippen LogP contribution is -2.30. The fraction of sp³-hybridized carbons (Fsp3) is 0.259. The Morgan fingerprint density at radius 2 is 1.91 bits per heavy atom. The highest BCUT2D eigenvalue weighted by atomic mass is 16.6. The first-order valence-electron chi connectivity index (χ1n) is 11.2. The van der Waals surface area contributed by atoms with Crippen molar-refractivity contribution in [1.29, 1.82) is 0 Å². The summed E-state index contributed by atoms with van der Waals surface area (Å²) in [4.78, 5) is 17.0. The van der Waals surface area contributed by atoms with Crippen molar-refractivity contribution < 1.29 is 24.5 Å². The molecule has 7 nitrogen and oxygen atoms in total. The monoisotopic (exact) mass is 460 g/mol. The Bertz CT molecular complexity index is 1190. The number of aliphatic hydroxyl groups excluding tert-OH is 1. The number of carboxylic acid groups (broad SMARTS) is 1. The molecular weight excluding hydrogens is 432 g/mol. The van der Waals surface area contributed by atoms with E-state index in [-0.39, 0.29) is 13.0 Å². The van der Waals surface area contributed by atoms with Gasteiger partial charge in [0.05, 0.1) is 30.1 Å². The third-order valence-electron chi connectivity index (χ3n) is 5.77. The number of fused-ring (bicyclic) bond motifs is 1. The molecule has 4 rings (SSSR count). The third kappa shape index (κ3) is 5.55. The van der Waals surface area contributed by atoms with Crippen LogP contribution in [0, 0.1) is 6.92 Å². The van der Waals surface area contributed by atoms with E-state index in [1.54, 1.807) is 18.1 Å². The van der Waals surface area contributed by atoms with Gasteiger partial charge >= 0.3 is 5.97 Å². The van der Waals surface area contributed by atoms with Gasteiger partial charge in [0.15, 0.2) is 11.5 Å². The Hall–Kier alpha value is -3.84. The number of pyridine rings is 1. The first-order chi connectivity index (χ1) is 16.4. The summed E-state index contributed by atoms with van der Waals surface area (Å²) in [5.74, 6) is 0.530. The molecule has 34 heavy (non-hydrogen) atoms. The topological polar surface area (TPSA) is 92.1 Å². The van der Waals surface area contributed by atoms with Crippen molar-refractivity contribution in [3.63, 3.8) is 0 Å². The normalized spacial score (nSPS) is 13.6. The number of carboxylic acids is 1. The number of ether oxygens (including phenoxy) is 2. The molecule has 0 bridgehead atoms. The molecule has 0 radical (unpaired) electrons. The maximum absolute atomic E-state index is 10.7. The van der Waals surface area contributed by atoms with Gasteiger partial charge in [0.2, 0.25) is 0 Å². The van der Waals surface area contributed by atoms with Crippen LogP contribution >= 0.6 is 0 Å². The molecule has 1 atom stereocenters. The number of aliphatic hydroxyl groups is 1. The number of hydrogen-bond donors (Lipinski definition) is 2. The van der Waals surface area contributed by atoms with Gasteiger partial charge in [-0.2, -0.15) is 0 Å². The van der Waals surface area contributed by atoms with Crippen molar-refractivity contribution in [2.24, 2.45) is 0 Å². The van der Waals surface area contributed by atoms with Crippen molar-refractivity contribution in [3.8, 4) is 22.6 Å². The van der Waals surface area contributed by atoms with Gasteiger partial charge in [0, 0.05) is 13.6 Å². The van der Waals surface area contributed by atoms with Crippen LogP contribution in [0.2, 0.25) is 0 Å². The summed E-state index contributed by atoms with van der Waals surface area (Å²) in [7, 11) is 1.80. The molecule has 0 aliphatic carbocycles. The molecule has 7 heteroatoms. The summed E-state index contributed by atoms with van der Waals surface area (Å²) >= 11 is 0. The molecule has 2 N–H and O–H groups in total. The Morgan fingerprint density at radius 1 is 1.12 bits per heavy atom. The predicted octanol–water partition coefficient (Wildman–Crippen LogP) is 4.27. The molecule has 0 saturated carbocycles. The van der Waals surface area contributed by atoms with Crippen molar-refractivity contribution in [3.05, 3.63) is 71.5 Å². The molecule has 1 aliphatic heterocycles. The van der Waals surface area contributed by atoms with Crippen LogP contribution in [-0.2, 0) is 4.79 Å². The molecule has 1 aromatic heterocycles. The fourth-order valence-electron chi connectivity index (χ4n) is 3.94. The number of likely N-dealkylation sites (N-methyl/N-ethyl adjacent to an activating group) is 1. The molecule has 2 heterocycles. The van der Waals surface area contributed by atoms with Crippen molar-refractivity contribution >= 4 is 23.8 Å². The first kappa shape index (κ1) is 23.3. The molecule has 1 aliphatic rings. The zero-order valence-corrected chi connectivity index (χ0v) is 19.3. The lowest BCUT2D eigenvalue weighted by molar-refractivity contribution is -0.139. The van der Waals surface area contributed by atoms with E-state index in [0.29, 0.717) is 13.2 Å². The molecule has 0 saturated heterocycles. The second kappa shape index (κ2) is 10.4. The summed E-state index contributed by atoms with van der Waals surface area (Å²) in [6.07, 6.45) is 4.49. The van der Waals surface area contributed by atoms with E-state index in [4.69, 9.17) is 14.6 Å². The molecule has 176 valence electrons. The minimum atomic E-state index is -1.02. The second-order valence-corrected chi connectivity index (χ2v) is 8.29. The zero-order valence-electron chi connectivity index (χ0n) is 19.3. The van der Waals surface area contributed by atoms with Crippen LogP contribution in [0.15, 0.2) is 54.7 Å². The first-order valence-corrected chi connectivity index (χ1v) is 11.2. The number of anilines is 1. The van der Waals surface area contributed by atoms with Crippen molar-refractivity contribution in [2.75, 3.05) is 31.7 Å². The summed E-state index contributed by atoms with van der Waals surface area (Å²) in [5, 5.41) is 18.6. The largest absolute Gasteiger partial charge is 0.486 e. The number of hydrogen-bond acceptors (Lipinski definition) is 6. The Kier molecular flexibility index (Phi) is 7.13. The third-order valence-corrected chi connectivity index (χ3v) is 5.77. The SMILES string of the molecule is Cc1c(/C=C/c2ccc(N(C)CC(O)CC(=O)O)cn2)cccc1-c1ccc2c(c1)OCCO2. The number of aliphatic carboxylic acids is 1. The maximum Gasteiger partial charge on any atom is 0.306 e. The number of rotatable bonds is 8. The van der Waals surface area contributed by atoms with Crippen LogP contribution in [0.1, 0.15) is 23.2 Å². The van der Waals surface area contributed by atoms with Gasteiger partial charge < -0.3 is 24.6 Å². The van der Waals surface area contributed by atoms with Gasteiger partial charge in [0.25, 0.3) is 0 Å². The maximum atomic E-state index is 10.7. The van der Waals surface area contributed by atoms with Crippen molar-refractivity contribution in [1.82, 2.24) is 4.98 Å². The minimum absolute atomic E-state index is 0.217. The molecule has 2 aromatic carbocycles. The van der Waals surface area contributed by atoms with Crippen molar-refractivity contribution in [2.45, 2.75) is 19.4 Å². The molecule has 0 amide bonds. The smallest absolute Gasteiger partial charge is 0.306 e. The lowest BCUT2D eigenvalue weighted by atomic mass is 9.95. The molecule has 3 aromatic rings. The Morgan fingerprint density at radius 3 is 2.65 bits per heavy atom. The van der Waals surface area contributed by atoms with Crippen LogP contribution in [0.3, 0.4) is 0 Å². The van der Waals surface area contributed by atoms with Crippen LogP contribution in [0.4, 0.5) is 5.69 Å². The van der Waals surface area contributed by atoms with Crippen LogP contribution in [-0.4, -0.2) is 54.1 Å². The van der Waals surface area contributed by atoms with Gasteiger partial charge in [-0.3, -0.25) is 9.78 Å². The van der Waals surface area contributed by atoms with Gasteiger partial charge in [0.1, 0.15) is 13.2 Å². The summed E-state index contributed by atoms with van der Waals surface area (Å²) in [6.45, 7) is 3.45. The Balaban J connectivity index is 1.47. The molecule has 0 spiro atoms. The van der Waals surface area contributed by atoms with E-state index in [1.807, 2.05) is 48.6 Å². The second-order valence-electron chi connectivity index (χ2n) is 8.29. The molecular formula is C27H28N2O5. The zero-order chi connectivity index (χ0) is 24.1. The standard InChI is InChI=1S/C27H28N2O5/c1-18-19(4-3-5-24(18)20-7-11-25-26(14-20)34-13-12-33-25)6-8-21-9-10-22(16-28-21)29(2)17-23(30)15-27(31)32/h3-11,14,16,23,30H,12-13,15,17H2,1-2H3,(H,31,32)/b8-6+.